The molecule has 0 aliphatic carbocycles. The summed E-state index contributed by atoms with van der Waals surface area (Å²) in [5.74, 6) is -1.31. The van der Waals surface area contributed by atoms with E-state index in [0.29, 0.717) is 28.6 Å². The molecule has 3 aromatic rings. The predicted molar refractivity (Wildman–Crippen MR) is 110 cm³/mol. The molecular weight excluding hydrogens is 450 g/mol. The molecule has 1 unspecified atom stereocenters. The molecule has 0 aliphatic heterocycles. The zero-order valence-corrected chi connectivity index (χ0v) is 18.1. The third-order valence-electron chi connectivity index (χ3n) is 4.36. The summed E-state index contributed by atoms with van der Waals surface area (Å²) in [4.78, 5) is 49.3. The Morgan fingerprint density at radius 2 is 2.13 bits per heavy atom. The first-order valence-corrected chi connectivity index (χ1v) is 11.7. The number of benzene rings is 1. The number of hydrogen-bond acceptors (Lipinski definition) is 7. The Labute approximate surface area is 180 Å². The number of ether oxygens (including phenoxy) is 1. The van der Waals surface area contributed by atoms with E-state index in [0.717, 1.165) is 11.3 Å². The van der Waals surface area contributed by atoms with Crippen LogP contribution in [-0.2, 0) is 18.6 Å². The number of ketones is 1. The lowest BCUT2D eigenvalue weighted by atomic mass is 10.1. The normalized spacial score (nSPS) is 12.8. The summed E-state index contributed by atoms with van der Waals surface area (Å²) >= 11 is 1.12. The number of fused-ring (bicyclic) bond motifs is 1. The second kappa shape index (κ2) is 9.80. The first-order chi connectivity index (χ1) is 14.7. The van der Waals surface area contributed by atoms with Gasteiger partial charge in [-0.05, 0) is 31.0 Å². The predicted octanol–water partition coefficient (Wildman–Crippen LogP) is 3.88. The van der Waals surface area contributed by atoms with Gasteiger partial charge < -0.3 is 19.5 Å². The Hall–Kier alpha value is -2.43. The number of carbonyl (C=O) groups excluding carboxylic acids is 2. The Kier molecular flexibility index (Phi) is 7.34. The van der Waals surface area contributed by atoms with Crippen molar-refractivity contribution in [1.29, 1.82) is 0 Å². The molecule has 9 nitrogen and oxygen atoms in total. The lowest BCUT2D eigenvalue weighted by Gasteiger charge is -2.14. The van der Waals surface area contributed by atoms with Gasteiger partial charge >= 0.3 is 13.8 Å². The fourth-order valence-corrected chi connectivity index (χ4v) is 4.09. The molecule has 3 rings (SSSR count). The molecular formula is C19H20FN2O7PS. The van der Waals surface area contributed by atoms with Crippen molar-refractivity contribution < 1.29 is 37.6 Å². The first kappa shape index (κ1) is 23.2. The number of hydrogen-bond donors (Lipinski definition) is 3. The number of halogens is 1. The van der Waals surface area contributed by atoms with Gasteiger partial charge in [0.1, 0.15) is 11.9 Å². The fourth-order valence-electron chi connectivity index (χ4n) is 2.91. The van der Waals surface area contributed by atoms with Crippen LogP contribution >= 0.6 is 19.2 Å². The quantitative estimate of drug-likeness (QED) is 0.176. The highest BCUT2D eigenvalue weighted by molar-refractivity contribution is 7.46. The van der Waals surface area contributed by atoms with Gasteiger partial charge in [-0.1, -0.05) is 6.92 Å². The first-order valence-electron chi connectivity index (χ1n) is 9.34. The molecule has 0 fully saturated rings. The molecule has 1 aromatic carbocycles. The second-order valence-corrected chi connectivity index (χ2v) is 8.71. The van der Waals surface area contributed by atoms with E-state index in [4.69, 9.17) is 14.5 Å². The van der Waals surface area contributed by atoms with Crippen LogP contribution in [0.5, 0.6) is 0 Å². The van der Waals surface area contributed by atoms with E-state index < -0.39 is 25.7 Å². The standard InChI is InChI=1S/C19H20FN2O7PS/c1-2-16(29-17(23)4-3-7-28-30(25,26)27)15-10-31-19(22-15)18(24)13-9-21-14-8-11(20)5-6-12(13)14/h5-6,8-10,16,21H,2-4,7H2,1H3,(H2,25,26,27). The van der Waals surface area contributed by atoms with E-state index in [2.05, 4.69) is 14.5 Å². The summed E-state index contributed by atoms with van der Waals surface area (Å²) in [6, 6.07) is 4.10. The van der Waals surface area contributed by atoms with Crippen LogP contribution in [0.2, 0.25) is 0 Å². The number of rotatable bonds is 10. The van der Waals surface area contributed by atoms with E-state index >= 15 is 0 Å². The fraction of sp³-hybridized carbons (Fsp3) is 0.316. The van der Waals surface area contributed by atoms with Crippen LogP contribution in [0.4, 0.5) is 4.39 Å². The van der Waals surface area contributed by atoms with E-state index in [1.54, 1.807) is 12.3 Å². The van der Waals surface area contributed by atoms with Crippen LogP contribution in [0.15, 0.2) is 29.8 Å². The van der Waals surface area contributed by atoms with Crippen molar-refractivity contribution in [2.24, 2.45) is 0 Å². The van der Waals surface area contributed by atoms with Crippen LogP contribution in [-0.4, -0.2) is 38.1 Å². The topological polar surface area (TPSA) is 139 Å². The van der Waals surface area contributed by atoms with E-state index in [1.807, 2.05) is 0 Å². The Balaban J connectivity index is 1.64. The van der Waals surface area contributed by atoms with E-state index in [-0.39, 0.29) is 30.2 Å². The molecule has 12 heteroatoms. The van der Waals surface area contributed by atoms with Crippen molar-refractivity contribution in [1.82, 2.24) is 9.97 Å². The Morgan fingerprint density at radius 1 is 1.35 bits per heavy atom. The van der Waals surface area contributed by atoms with Gasteiger partial charge in [0, 0.05) is 28.9 Å². The van der Waals surface area contributed by atoms with Crippen molar-refractivity contribution in [3.05, 3.63) is 51.9 Å². The molecule has 166 valence electrons. The number of aromatic amines is 1. The minimum absolute atomic E-state index is 0.0850. The average molecular weight is 470 g/mol. The van der Waals surface area contributed by atoms with Gasteiger partial charge in [-0.2, -0.15) is 0 Å². The molecule has 0 saturated heterocycles. The molecule has 1 atom stereocenters. The minimum Gasteiger partial charge on any atom is -0.456 e. The van der Waals surface area contributed by atoms with Gasteiger partial charge in [-0.15, -0.1) is 11.3 Å². The summed E-state index contributed by atoms with van der Waals surface area (Å²) in [5.41, 5.74) is 1.30. The van der Waals surface area contributed by atoms with Crippen molar-refractivity contribution in [2.75, 3.05) is 6.61 Å². The van der Waals surface area contributed by atoms with Gasteiger partial charge in [0.2, 0.25) is 5.78 Å². The number of nitrogens with one attached hydrogen (secondary N) is 1. The van der Waals surface area contributed by atoms with E-state index in [1.165, 1.54) is 24.4 Å². The van der Waals surface area contributed by atoms with Gasteiger partial charge in [-0.25, -0.2) is 13.9 Å². The number of esters is 1. The third kappa shape index (κ3) is 6.05. The molecule has 31 heavy (non-hydrogen) atoms. The highest BCUT2D eigenvalue weighted by Crippen LogP contribution is 2.35. The molecule has 0 saturated carbocycles. The molecule has 3 N–H and O–H groups in total. The highest BCUT2D eigenvalue weighted by Gasteiger charge is 2.23. The summed E-state index contributed by atoms with van der Waals surface area (Å²) < 4.78 is 33.6. The van der Waals surface area contributed by atoms with Crippen molar-refractivity contribution in [2.45, 2.75) is 32.3 Å². The third-order valence-corrected chi connectivity index (χ3v) is 5.74. The van der Waals surface area contributed by atoms with Crippen molar-refractivity contribution >= 4 is 41.8 Å². The summed E-state index contributed by atoms with van der Waals surface area (Å²) in [6.07, 6.45) is 1.27. The molecule has 0 bridgehead atoms. The van der Waals surface area contributed by atoms with Gasteiger partial charge in [0.05, 0.1) is 17.9 Å². The molecule has 0 radical (unpaired) electrons. The molecule has 2 aromatic heterocycles. The lowest BCUT2D eigenvalue weighted by molar-refractivity contribution is -0.150. The van der Waals surface area contributed by atoms with Crippen LogP contribution in [0.25, 0.3) is 10.9 Å². The van der Waals surface area contributed by atoms with Crippen LogP contribution in [0.1, 0.15) is 53.3 Å². The molecule has 0 amide bonds. The Bertz CT molecular complexity index is 1140. The maximum absolute atomic E-state index is 13.4. The average Bonchev–Trinajstić information content (AvgIpc) is 3.35. The smallest absolute Gasteiger partial charge is 0.456 e. The number of phosphoric acid groups is 1. The monoisotopic (exact) mass is 470 g/mol. The van der Waals surface area contributed by atoms with Crippen molar-refractivity contribution in [3.63, 3.8) is 0 Å². The molecule has 0 spiro atoms. The largest absolute Gasteiger partial charge is 0.469 e. The summed E-state index contributed by atoms with van der Waals surface area (Å²) in [6.45, 7) is 1.52. The highest BCUT2D eigenvalue weighted by atomic mass is 32.1. The number of H-pyrrole nitrogens is 1. The SMILES string of the molecule is CCC(OC(=O)CCCOP(=O)(O)O)c1csc(C(=O)c2c[nH]c3cc(F)ccc23)n1. The zero-order valence-electron chi connectivity index (χ0n) is 16.4. The second-order valence-electron chi connectivity index (χ2n) is 6.61. The minimum atomic E-state index is -4.57. The van der Waals surface area contributed by atoms with Crippen molar-refractivity contribution in [3.8, 4) is 0 Å². The van der Waals surface area contributed by atoms with Crippen LogP contribution in [0.3, 0.4) is 0 Å². The maximum Gasteiger partial charge on any atom is 0.469 e. The summed E-state index contributed by atoms with van der Waals surface area (Å²) in [5, 5.41) is 2.43. The molecule has 0 aliphatic rings. The van der Waals surface area contributed by atoms with Gasteiger partial charge in [0.15, 0.2) is 5.01 Å². The number of carbonyl (C=O) groups is 2. The Morgan fingerprint density at radius 3 is 2.84 bits per heavy atom. The lowest BCUT2D eigenvalue weighted by Crippen LogP contribution is -2.12. The number of phosphoric ester groups is 1. The van der Waals surface area contributed by atoms with Gasteiger partial charge in [-0.3, -0.25) is 14.1 Å². The van der Waals surface area contributed by atoms with Crippen LogP contribution < -0.4 is 0 Å². The van der Waals surface area contributed by atoms with E-state index in [9.17, 15) is 18.5 Å². The summed E-state index contributed by atoms with van der Waals surface area (Å²) in [7, 11) is -4.57. The number of nitrogens with zero attached hydrogens (tertiary/aromatic N) is 1. The number of aromatic nitrogens is 2. The van der Waals surface area contributed by atoms with Crippen LogP contribution in [0, 0.1) is 5.82 Å². The zero-order chi connectivity index (χ0) is 22.6. The molecule has 2 heterocycles. The number of thiazole rings is 1. The maximum atomic E-state index is 13.4. The van der Waals surface area contributed by atoms with Gasteiger partial charge in [0.25, 0.3) is 0 Å².